The SMILES string of the molecule is OC(c1ccc(Br)c(Cl)c1)c1ccc2c(c1)CCCO2. The van der Waals surface area contributed by atoms with E-state index >= 15 is 0 Å². The fourth-order valence-corrected chi connectivity index (χ4v) is 2.86. The van der Waals surface area contributed by atoms with E-state index in [0.29, 0.717) is 5.02 Å². The van der Waals surface area contributed by atoms with Gasteiger partial charge >= 0.3 is 0 Å². The van der Waals surface area contributed by atoms with Crippen molar-refractivity contribution in [1.29, 1.82) is 0 Å². The van der Waals surface area contributed by atoms with Gasteiger partial charge in [-0.2, -0.15) is 0 Å². The lowest BCUT2D eigenvalue weighted by Gasteiger charge is -2.20. The fraction of sp³-hybridized carbons (Fsp3) is 0.250. The summed E-state index contributed by atoms with van der Waals surface area (Å²) in [5, 5.41) is 11.1. The number of hydrogen-bond donors (Lipinski definition) is 1. The van der Waals surface area contributed by atoms with Crippen LogP contribution in [-0.2, 0) is 6.42 Å². The maximum absolute atomic E-state index is 10.5. The van der Waals surface area contributed by atoms with Crippen molar-refractivity contribution >= 4 is 27.5 Å². The third-order valence-electron chi connectivity index (χ3n) is 3.51. The Morgan fingerprint density at radius 2 is 1.90 bits per heavy atom. The zero-order chi connectivity index (χ0) is 14.1. The number of hydrogen-bond acceptors (Lipinski definition) is 2. The number of benzene rings is 2. The van der Waals surface area contributed by atoms with Crippen LogP contribution in [0.4, 0.5) is 0 Å². The molecule has 1 heterocycles. The van der Waals surface area contributed by atoms with Gasteiger partial charge in [0.15, 0.2) is 0 Å². The molecule has 1 N–H and O–H groups in total. The summed E-state index contributed by atoms with van der Waals surface area (Å²) in [5.74, 6) is 0.932. The van der Waals surface area contributed by atoms with E-state index in [-0.39, 0.29) is 0 Å². The first-order valence-corrected chi connectivity index (χ1v) is 7.71. The minimum Gasteiger partial charge on any atom is -0.493 e. The quantitative estimate of drug-likeness (QED) is 0.861. The second-order valence-electron chi connectivity index (χ2n) is 4.90. The first kappa shape index (κ1) is 13.9. The van der Waals surface area contributed by atoms with Crippen molar-refractivity contribution in [2.75, 3.05) is 6.61 Å². The third kappa shape index (κ3) is 2.71. The molecule has 4 heteroatoms. The molecule has 1 unspecified atom stereocenters. The first-order valence-electron chi connectivity index (χ1n) is 6.54. The van der Waals surface area contributed by atoms with Crippen LogP contribution in [0, 0.1) is 0 Å². The van der Waals surface area contributed by atoms with Crippen molar-refractivity contribution in [3.05, 3.63) is 62.6 Å². The molecule has 0 aromatic heterocycles. The van der Waals surface area contributed by atoms with Crippen molar-refractivity contribution < 1.29 is 9.84 Å². The molecule has 0 radical (unpaired) electrons. The van der Waals surface area contributed by atoms with Gasteiger partial charge in [-0.1, -0.05) is 23.7 Å². The smallest absolute Gasteiger partial charge is 0.122 e. The normalized spacial score (nSPS) is 15.3. The molecule has 0 fully saturated rings. The molecular formula is C16H14BrClO2. The summed E-state index contributed by atoms with van der Waals surface area (Å²) >= 11 is 9.44. The van der Waals surface area contributed by atoms with E-state index in [2.05, 4.69) is 15.9 Å². The van der Waals surface area contributed by atoms with Gasteiger partial charge in [0.25, 0.3) is 0 Å². The van der Waals surface area contributed by atoms with Gasteiger partial charge in [0.1, 0.15) is 11.9 Å². The van der Waals surface area contributed by atoms with Crippen LogP contribution in [0.25, 0.3) is 0 Å². The molecule has 0 bridgehead atoms. The van der Waals surface area contributed by atoms with Crippen molar-refractivity contribution in [1.82, 2.24) is 0 Å². The van der Waals surface area contributed by atoms with Gasteiger partial charge in [-0.15, -0.1) is 0 Å². The van der Waals surface area contributed by atoms with E-state index in [1.54, 1.807) is 6.07 Å². The summed E-state index contributed by atoms with van der Waals surface area (Å²) < 4.78 is 6.42. The standard InChI is InChI=1S/C16H14BrClO2/c17-13-5-3-12(9-14(13)18)16(19)11-4-6-15-10(8-11)2-1-7-20-15/h3-6,8-9,16,19H,1-2,7H2. The summed E-state index contributed by atoms with van der Waals surface area (Å²) in [6.07, 6.45) is 1.35. The van der Waals surface area contributed by atoms with E-state index in [9.17, 15) is 5.11 Å². The number of aliphatic hydroxyl groups excluding tert-OH is 1. The highest BCUT2D eigenvalue weighted by Gasteiger charge is 2.16. The van der Waals surface area contributed by atoms with Gasteiger partial charge in [0.05, 0.1) is 11.6 Å². The van der Waals surface area contributed by atoms with E-state index in [1.807, 2.05) is 30.3 Å². The van der Waals surface area contributed by atoms with Gasteiger partial charge in [-0.3, -0.25) is 0 Å². The predicted molar refractivity (Wildman–Crippen MR) is 83.5 cm³/mol. The Kier molecular flexibility index (Phi) is 4.01. The van der Waals surface area contributed by atoms with E-state index in [1.165, 1.54) is 0 Å². The summed E-state index contributed by atoms with van der Waals surface area (Å²) in [6, 6.07) is 11.4. The van der Waals surface area contributed by atoms with E-state index in [0.717, 1.165) is 46.4 Å². The minimum atomic E-state index is -0.673. The monoisotopic (exact) mass is 352 g/mol. The number of aryl methyl sites for hydroxylation is 1. The van der Waals surface area contributed by atoms with Crippen LogP contribution in [-0.4, -0.2) is 11.7 Å². The Labute approximate surface area is 131 Å². The number of fused-ring (bicyclic) bond motifs is 1. The van der Waals surface area contributed by atoms with Crippen molar-refractivity contribution in [2.45, 2.75) is 18.9 Å². The van der Waals surface area contributed by atoms with Crippen molar-refractivity contribution in [2.24, 2.45) is 0 Å². The molecule has 0 aliphatic carbocycles. The van der Waals surface area contributed by atoms with Crippen LogP contribution in [0.1, 0.15) is 29.2 Å². The lowest BCUT2D eigenvalue weighted by atomic mass is 9.97. The molecule has 1 aliphatic rings. The largest absolute Gasteiger partial charge is 0.493 e. The number of aliphatic hydroxyl groups is 1. The highest BCUT2D eigenvalue weighted by atomic mass is 79.9. The first-order chi connectivity index (χ1) is 9.65. The Morgan fingerprint density at radius 3 is 2.70 bits per heavy atom. The highest BCUT2D eigenvalue weighted by molar-refractivity contribution is 9.10. The Bertz CT molecular complexity index is 642. The average Bonchev–Trinajstić information content (AvgIpc) is 2.49. The van der Waals surface area contributed by atoms with E-state index < -0.39 is 6.10 Å². The zero-order valence-electron chi connectivity index (χ0n) is 10.8. The molecule has 3 rings (SSSR count). The zero-order valence-corrected chi connectivity index (χ0v) is 13.1. The summed E-state index contributed by atoms with van der Waals surface area (Å²) in [4.78, 5) is 0. The molecule has 2 aromatic rings. The molecule has 0 spiro atoms. The highest BCUT2D eigenvalue weighted by Crippen LogP contribution is 2.32. The van der Waals surface area contributed by atoms with E-state index in [4.69, 9.17) is 16.3 Å². The van der Waals surface area contributed by atoms with Crippen LogP contribution in [0.2, 0.25) is 5.02 Å². The lowest BCUT2D eigenvalue weighted by molar-refractivity contribution is 0.219. The molecule has 1 aliphatic heterocycles. The van der Waals surface area contributed by atoms with Gasteiger partial charge in [-0.05, 0) is 69.7 Å². The van der Waals surface area contributed by atoms with Gasteiger partial charge in [-0.25, -0.2) is 0 Å². The Hall–Kier alpha value is -1.03. The molecule has 2 nitrogen and oxygen atoms in total. The summed E-state index contributed by atoms with van der Waals surface area (Å²) in [6.45, 7) is 0.775. The molecule has 0 saturated heterocycles. The molecular weight excluding hydrogens is 340 g/mol. The van der Waals surface area contributed by atoms with Crippen LogP contribution >= 0.6 is 27.5 Å². The van der Waals surface area contributed by atoms with Crippen LogP contribution < -0.4 is 4.74 Å². The Morgan fingerprint density at radius 1 is 1.15 bits per heavy atom. The topological polar surface area (TPSA) is 29.5 Å². The summed E-state index contributed by atoms with van der Waals surface area (Å²) in [5.41, 5.74) is 2.82. The van der Waals surface area contributed by atoms with Crippen LogP contribution in [0.15, 0.2) is 40.9 Å². The second-order valence-corrected chi connectivity index (χ2v) is 6.16. The lowest BCUT2D eigenvalue weighted by Crippen LogP contribution is -2.09. The second kappa shape index (κ2) is 5.76. The average molecular weight is 354 g/mol. The van der Waals surface area contributed by atoms with Gasteiger partial charge < -0.3 is 9.84 Å². The molecule has 0 amide bonds. The van der Waals surface area contributed by atoms with Crippen LogP contribution in [0.3, 0.4) is 0 Å². The molecule has 0 saturated carbocycles. The molecule has 1 atom stereocenters. The predicted octanol–water partition coefficient (Wildman–Crippen LogP) is 4.51. The molecule has 104 valence electrons. The third-order valence-corrected chi connectivity index (χ3v) is 4.74. The number of ether oxygens (including phenoxy) is 1. The van der Waals surface area contributed by atoms with Gasteiger partial charge in [0.2, 0.25) is 0 Å². The fourth-order valence-electron chi connectivity index (χ4n) is 2.43. The van der Waals surface area contributed by atoms with Crippen LogP contribution in [0.5, 0.6) is 5.75 Å². The maximum Gasteiger partial charge on any atom is 0.122 e. The maximum atomic E-state index is 10.5. The van der Waals surface area contributed by atoms with Crippen molar-refractivity contribution in [3.8, 4) is 5.75 Å². The summed E-state index contributed by atoms with van der Waals surface area (Å²) in [7, 11) is 0. The number of rotatable bonds is 2. The number of halogens is 2. The molecule has 20 heavy (non-hydrogen) atoms. The minimum absolute atomic E-state index is 0.600. The van der Waals surface area contributed by atoms with Crippen molar-refractivity contribution in [3.63, 3.8) is 0 Å². The Balaban J connectivity index is 1.93. The van der Waals surface area contributed by atoms with Gasteiger partial charge in [0, 0.05) is 4.47 Å². The molecule has 2 aromatic carbocycles.